The van der Waals surface area contributed by atoms with Crippen LogP contribution in [0.5, 0.6) is 23.0 Å². The molecule has 0 fully saturated rings. The summed E-state index contributed by atoms with van der Waals surface area (Å²) in [4.78, 5) is 0. The number of hydrogen-bond donors (Lipinski definition) is 1. The van der Waals surface area contributed by atoms with Crippen LogP contribution in [0.4, 0.5) is 0 Å². The first-order valence-electron chi connectivity index (χ1n) is 11.3. The fourth-order valence-corrected chi connectivity index (χ4v) is 3.09. The number of benzene rings is 3. The average Bonchev–Trinajstić information content (AvgIpc) is 2.84. The monoisotopic (exact) mass is 435 g/mol. The molecule has 0 atom stereocenters. The molecule has 1 N–H and O–H groups in total. The minimum Gasteiger partial charge on any atom is -0.490 e. The highest BCUT2D eigenvalue weighted by Gasteiger charge is 2.07. The van der Waals surface area contributed by atoms with E-state index in [1.807, 2.05) is 72.8 Å². The second-order valence-electron chi connectivity index (χ2n) is 7.32. The van der Waals surface area contributed by atoms with Gasteiger partial charge in [0.2, 0.25) is 0 Å². The predicted octanol–water partition coefficient (Wildman–Crippen LogP) is 5.49. The minimum atomic E-state index is 0.456. The second-order valence-corrected chi connectivity index (χ2v) is 7.32. The summed E-state index contributed by atoms with van der Waals surface area (Å²) in [6.07, 6.45) is 2.33. The van der Waals surface area contributed by atoms with E-state index < -0.39 is 0 Å². The molecular weight excluding hydrogens is 402 g/mol. The zero-order valence-electron chi connectivity index (χ0n) is 18.8. The first-order valence-corrected chi connectivity index (χ1v) is 11.3. The van der Waals surface area contributed by atoms with Gasteiger partial charge >= 0.3 is 0 Å². The van der Waals surface area contributed by atoms with Gasteiger partial charge < -0.3 is 24.3 Å². The Labute approximate surface area is 191 Å². The smallest absolute Gasteiger partial charge is 0.127 e. The largest absolute Gasteiger partial charge is 0.490 e. The van der Waals surface area contributed by atoms with Crippen molar-refractivity contribution in [2.24, 2.45) is 0 Å². The van der Waals surface area contributed by atoms with Crippen LogP contribution in [0.25, 0.3) is 0 Å². The Morgan fingerprint density at radius 1 is 0.625 bits per heavy atom. The van der Waals surface area contributed by atoms with Crippen molar-refractivity contribution >= 4 is 0 Å². The Morgan fingerprint density at radius 2 is 1.19 bits per heavy atom. The van der Waals surface area contributed by atoms with Crippen LogP contribution in [0.15, 0.2) is 78.9 Å². The zero-order valence-corrected chi connectivity index (χ0v) is 18.8. The Kier molecular flexibility index (Phi) is 10.3. The number of hydrogen-bond acceptors (Lipinski definition) is 5. The lowest BCUT2D eigenvalue weighted by Gasteiger charge is -2.15. The third-order valence-corrected chi connectivity index (χ3v) is 4.78. The van der Waals surface area contributed by atoms with E-state index in [9.17, 15) is 0 Å². The summed E-state index contributed by atoms with van der Waals surface area (Å²) < 4.78 is 23.4. The molecule has 0 saturated heterocycles. The van der Waals surface area contributed by atoms with Gasteiger partial charge in [-0.25, -0.2) is 0 Å². The summed E-state index contributed by atoms with van der Waals surface area (Å²) in [6.45, 7) is 5.80. The maximum atomic E-state index is 6.06. The maximum absolute atomic E-state index is 6.06. The number of ether oxygens (including phenoxy) is 4. The summed E-state index contributed by atoms with van der Waals surface area (Å²) in [7, 11) is 0. The Balaban J connectivity index is 1.51. The Morgan fingerprint density at radius 3 is 1.78 bits per heavy atom. The lowest BCUT2D eigenvalue weighted by atomic mass is 10.2. The van der Waals surface area contributed by atoms with Crippen molar-refractivity contribution in [2.45, 2.75) is 26.3 Å². The molecule has 0 bridgehead atoms. The molecule has 170 valence electrons. The van der Waals surface area contributed by atoms with Crippen molar-refractivity contribution in [3.63, 3.8) is 0 Å². The number of nitrogens with one attached hydrogen (secondary N) is 1. The van der Waals surface area contributed by atoms with E-state index >= 15 is 0 Å². The highest BCUT2D eigenvalue weighted by atomic mass is 16.5. The van der Waals surface area contributed by atoms with E-state index in [2.05, 4.69) is 18.3 Å². The van der Waals surface area contributed by atoms with Crippen LogP contribution in [0.2, 0.25) is 0 Å². The van der Waals surface area contributed by atoms with Crippen molar-refractivity contribution in [3.8, 4) is 23.0 Å². The first kappa shape index (κ1) is 23.5. The highest BCUT2D eigenvalue weighted by Crippen LogP contribution is 2.25. The van der Waals surface area contributed by atoms with Gasteiger partial charge in [-0.2, -0.15) is 0 Å². The summed E-state index contributed by atoms with van der Waals surface area (Å²) in [5.41, 5.74) is 1.11. The number of para-hydroxylation sites is 2. The van der Waals surface area contributed by atoms with E-state index in [0.29, 0.717) is 26.4 Å². The van der Waals surface area contributed by atoms with Gasteiger partial charge in [0.25, 0.3) is 0 Å². The molecule has 0 aromatic heterocycles. The van der Waals surface area contributed by atoms with Crippen molar-refractivity contribution in [1.29, 1.82) is 0 Å². The van der Waals surface area contributed by atoms with Crippen LogP contribution in [0.3, 0.4) is 0 Å². The van der Waals surface area contributed by atoms with Crippen molar-refractivity contribution in [1.82, 2.24) is 5.32 Å². The molecule has 0 radical (unpaired) electrons. The molecule has 3 rings (SSSR count). The van der Waals surface area contributed by atoms with Crippen LogP contribution in [-0.4, -0.2) is 33.0 Å². The topological polar surface area (TPSA) is 49.0 Å². The van der Waals surface area contributed by atoms with E-state index in [0.717, 1.165) is 48.1 Å². The van der Waals surface area contributed by atoms with Gasteiger partial charge in [0.15, 0.2) is 0 Å². The fourth-order valence-electron chi connectivity index (χ4n) is 3.09. The average molecular weight is 436 g/mol. The van der Waals surface area contributed by atoms with Gasteiger partial charge in [-0.3, -0.25) is 0 Å². The normalized spacial score (nSPS) is 10.5. The molecule has 0 aliphatic rings. The third kappa shape index (κ3) is 8.52. The Hall–Kier alpha value is -3.18. The second kappa shape index (κ2) is 14.0. The van der Waals surface area contributed by atoms with Crippen LogP contribution in [0.1, 0.15) is 25.3 Å². The maximum Gasteiger partial charge on any atom is 0.127 e. The summed E-state index contributed by atoms with van der Waals surface area (Å²) in [5, 5.41) is 3.48. The van der Waals surface area contributed by atoms with Crippen molar-refractivity contribution < 1.29 is 18.9 Å². The van der Waals surface area contributed by atoms with Gasteiger partial charge in [-0.1, -0.05) is 55.8 Å². The van der Waals surface area contributed by atoms with Crippen molar-refractivity contribution in [3.05, 3.63) is 84.4 Å². The van der Waals surface area contributed by atoms with E-state index in [4.69, 9.17) is 18.9 Å². The molecule has 0 aliphatic heterocycles. The zero-order chi connectivity index (χ0) is 22.3. The van der Waals surface area contributed by atoms with Crippen LogP contribution in [0, 0.1) is 0 Å². The van der Waals surface area contributed by atoms with Gasteiger partial charge in [-0.05, 0) is 43.3 Å². The van der Waals surface area contributed by atoms with Crippen LogP contribution in [-0.2, 0) is 6.54 Å². The molecule has 5 heteroatoms. The standard InChI is InChI=1S/C27H33NO4/c1-2-3-16-28-22-23-14-15-26(31-18-17-29-24-10-6-4-7-11-24)21-27(23)32-20-19-30-25-12-8-5-9-13-25/h4-15,21,28H,2-3,16-20,22H2,1H3. The first-order chi connectivity index (χ1) is 15.8. The number of rotatable bonds is 15. The van der Waals surface area contributed by atoms with Gasteiger partial charge in [0, 0.05) is 18.2 Å². The minimum absolute atomic E-state index is 0.456. The van der Waals surface area contributed by atoms with Crippen molar-refractivity contribution in [2.75, 3.05) is 33.0 Å². The van der Waals surface area contributed by atoms with E-state index in [-0.39, 0.29) is 0 Å². The molecule has 0 heterocycles. The molecule has 3 aromatic carbocycles. The summed E-state index contributed by atoms with van der Waals surface area (Å²) >= 11 is 0. The molecule has 3 aromatic rings. The molecule has 5 nitrogen and oxygen atoms in total. The number of unbranched alkanes of at least 4 members (excludes halogenated alkanes) is 1. The quantitative estimate of drug-likeness (QED) is 0.320. The molecule has 0 amide bonds. The molecular formula is C27H33NO4. The molecule has 0 spiro atoms. The SMILES string of the molecule is CCCCNCc1ccc(OCCOc2ccccc2)cc1OCCOc1ccccc1. The van der Waals surface area contributed by atoms with E-state index in [1.54, 1.807) is 0 Å². The fraction of sp³-hybridized carbons (Fsp3) is 0.333. The van der Waals surface area contributed by atoms with Gasteiger partial charge in [0.1, 0.15) is 49.4 Å². The van der Waals surface area contributed by atoms with Crippen LogP contribution >= 0.6 is 0 Å². The van der Waals surface area contributed by atoms with Gasteiger partial charge in [0.05, 0.1) is 0 Å². The highest BCUT2D eigenvalue weighted by molar-refractivity contribution is 5.41. The summed E-state index contributed by atoms with van der Waals surface area (Å²) in [6, 6.07) is 25.5. The lowest BCUT2D eigenvalue weighted by molar-refractivity contribution is 0.208. The lowest BCUT2D eigenvalue weighted by Crippen LogP contribution is -2.16. The molecule has 0 unspecified atom stereocenters. The third-order valence-electron chi connectivity index (χ3n) is 4.78. The Bertz CT molecular complexity index is 887. The predicted molar refractivity (Wildman–Crippen MR) is 128 cm³/mol. The van der Waals surface area contributed by atoms with Crippen LogP contribution < -0.4 is 24.3 Å². The molecule has 0 aliphatic carbocycles. The van der Waals surface area contributed by atoms with E-state index in [1.165, 1.54) is 6.42 Å². The van der Waals surface area contributed by atoms with Gasteiger partial charge in [-0.15, -0.1) is 0 Å². The summed E-state index contributed by atoms with van der Waals surface area (Å²) in [5.74, 6) is 3.25. The molecule has 32 heavy (non-hydrogen) atoms. The molecule has 0 saturated carbocycles.